The maximum absolute atomic E-state index is 13.0. The average Bonchev–Trinajstić information content (AvgIpc) is 3.45. The maximum Gasteiger partial charge on any atom is 0.255 e. The maximum atomic E-state index is 13.0. The van der Waals surface area contributed by atoms with Gasteiger partial charge in [-0.1, -0.05) is 0 Å². The summed E-state index contributed by atoms with van der Waals surface area (Å²) in [7, 11) is 0. The summed E-state index contributed by atoms with van der Waals surface area (Å²) in [6.45, 7) is 2.13. The van der Waals surface area contributed by atoms with Crippen molar-refractivity contribution in [1.29, 1.82) is 0 Å². The summed E-state index contributed by atoms with van der Waals surface area (Å²) in [4.78, 5) is 23.5. The molecular weight excluding hydrogens is 356 g/mol. The molecule has 0 bridgehead atoms. The smallest absolute Gasteiger partial charge is 0.255 e. The van der Waals surface area contributed by atoms with Gasteiger partial charge in [0.25, 0.3) is 5.91 Å². The second kappa shape index (κ2) is 8.64. The van der Waals surface area contributed by atoms with Gasteiger partial charge in [0.05, 0.1) is 12.1 Å². The Kier molecular flexibility index (Phi) is 5.60. The molecule has 3 aromatic heterocycles. The minimum Gasteiger partial charge on any atom is -0.363 e. The van der Waals surface area contributed by atoms with Crippen LogP contribution in [0.1, 0.15) is 41.9 Å². The van der Waals surface area contributed by atoms with E-state index in [0.717, 1.165) is 44.6 Å². The van der Waals surface area contributed by atoms with Crippen molar-refractivity contribution in [2.24, 2.45) is 0 Å². The zero-order chi connectivity index (χ0) is 19.2. The van der Waals surface area contributed by atoms with Crippen LogP contribution in [0.15, 0.2) is 43.1 Å². The highest BCUT2D eigenvalue weighted by atomic mass is 16.2. The van der Waals surface area contributed by atoms with E-state index in [2.05, 4.69) is 30.6 Å². The molecule has 1 atom stereocenters. The van der Waals surface area contributed by atoms with E-state index >= 15 is 0 Å². The number of H-pyrrole nitrogens is 1. The molecule has 0 saturated carbocycles. The number of carbonyl (C=O) groups is 1. The number of aryl methyl sites for hydroxylation is 1. The number of pyridine rings is 1. The van der Waals surface area contributed by atoms with E-state index in [1.54, 1.807) is 12.4 Å². The summed E-state index contributed by atoms with van der Waals surface area (Å²) in [5.41, 5.74) is 0.621. The Balaban J connectivity index is 1.37. The molecular formula is C19H24N8O. The van der Waals surface area contributed by atoms with Crippen LogP contribution in [-0.2, 0) is 13.1 Å². The molecule has 1 amide bonds. The molecule has 9 nitrogen and oxygen atoms in total. The number of rotatable bonds is 7. The zero-order valence-corrected chi connectivity index (χ0v) is 15.7. The highest BCUT2D eigenvalue weighted by Crippen LogP contribution is 2.22. The Morgan fingerprint density at radius 1 is 1.29 bits per heavy atom. The highest BCUT2D eigenvalue weighted by Gasteiger charge is 2.27. The van der Waals surface area contributed by atoms with Gasteiger partial charge in [-0.15, -0.1) is 0 Å². The summed E-state index contributed by atoms with van der Waals surface area (Å²) in [6, 6.07) is 5.83. The SMILES string of the molecule is O=C(c1ccc(NCc2ncn[nH]2)nc1)N1CCCC[C@@H]1CCn1cccn1. The van der Waals surface area contributed by atoms with E-state index in [-0.39, 0.29) is 11.9 Å². The predicted octanol–water partition coefficient (Wildman–Crippen LogP) is 2.09. The number of nitrogens with zero attached hydrogens (tertiary/aromatic N) is 6. The molecule has 146 valence electrons. The van der Waals surface area contributed by atoms with Crippen LogP contribution in [0.25, 0.3) is 0 Å². The van der Waals surface area contributed by atoms with Crippen LogP contribution in [-0.4, -0.2) is 53.3 Å². The van der Waals surface area contributed by atoms with Crippen LogP contribution in [0.2, 0.25) is 0 Å². The van der Waals surface area contributed by atoms with Gasteiger partial charge in [0.1, 0.15) is 18.0 Å². The number of aromatic nitrogens is 6. The molecule has 2 N–H and O–H groups in total. The van der Waals surface area contributed by atoms with E-state index in [1.807, 2.05) is 34.0 Å². The molecule has 0 unspecified atom stereocenters. The minimum atomic E-state index is 0.0550. The number of amides is 1. The molecule has 1 aliphatic rings. The van der Waals surface area contributed by atoms with Crippen LogP contribution in [0.3, 0.4) is 0 Å². The summed E-state index contributed by atoms with van der Waals surface area (Å²) in [5, 5.41) is 14.0. The first-order valence-electron chi connectivity index (χ1n) is 9.62. The van der Waals surface area contributed by atoms with Gasteiger partial charge in [0, 0.05) is 37.7 Å². The average molecular weight is 380 g/mol. The summed E-state index contributed by atoms with van der Waals surface area (Å²) >= 11 is 0. The highest BCUT2D eigenvalue weighted by molar-refractivity contribution is 5.94. The molecule has 1 saturated heterocycles. The molecule has 0 spiro atoms. The second-order valence-electron chi connectivity index (χ2n) is 6.92. The largest absolute Gasteiger partial charge is 0.363 e. The molecule has 4 rings (SSSR count). The van der Waals surface area contributed by atoms with Gasteiger partial charge >= 0.3 is 0 Å². The number of hydrogen-bond acceptors (Lipinski definition) is 6. The monoisotopic (exact) mass is 380 g/mol. The Hall–Kier alpha value is -3.23. The fraction of sp³-hybridized carbons (Fsp3) is 0.421. The lowest BCUT2D eigenvalue weighted by atomic mass is 9.98. The molecule has 4 heterocycles. The van der Waals surface area contributed by atoms with Gasteiger partial charge in [0.15, 0.2) is 0 Å². The van der Waals surface area contributed by atoms with Crippen molar-refractivity contribution in [2.45, 2.75) is 44.8 Å². The van der Waals surface area contributed by atoms with Crippen molar-refractivity contribution >= 4 is 11.7 Å². The summed E-state index contributed by atoms with van der Waals surface area (Å²) in [6.07, 6.45) is 11.0. The Bertz CT molecular complexity index is 860. The fourth-order valence-corrected chi connectivity index (χ4v) is 3.56. The quantitative estimate of drug-likeness (QED) is 0.650. The van der Waals surface area contributed by atoms with Crippen LogP contribution in [0.5, 0.6) is 0 Å². The number of carbonyl (C=O) groups excluding carboxylic acids is 1. The number of likely N-dealkylation sites (tertiary alicyclic amines) is 1. The van der Waals surface area contributed by atoms with Crippen molar-refractivity contribution in [3.8, 4) is 0 Å². The molecule has 0 aromatic carbocycles. The van der Waals surface area contributed by atoms with Crippen LogP contribution >= 0.6 is 0 Å². The van der Waals surface area contributed by atoms with E-state index < -0.39 is 0 Å². The third-order valence-electron chi connectivity index (χ3n) is 5.05. The van der Waals surface area contributed by atoms with Gasteiger partial charge in [0.2, 0.25) is 0 Å². The van der Waals surface area contributed by atoms with E-state index in [9.17, 15) is 4.79 Å². The standard InChI is InChI=1S/C19H24N8O/c28-19(15-5-6-17(20-12-15)21-13-18-22-14-23-25-18)27-10-2-1-4-16(27)7-11-26-9-3-8-24-26/h3,5-6,8-9,12,14,16H,1-2,4,7,10-11,13H2,(H,20,21)(H,22,23,25)/t16-/m1/s1. The first-order chi connectivity index (χ1) is 13.8. The Morgan fingerprint density at radius 2 is 2.25 bits per heavy atom. The zero-order valence-electron chi connectivity index (χ0n) is 15.7. The summed E-state index contributed by atoms with van der Waals surface area (Å²) < 4.78 is 1.92. The van der Waals surface area contributed by atoms with E-state index in [0.29, 0.717) is 17.9 Å². The van der Waals surface area contributed by atoms with Gasteiger partial charge in [-0.05, 0) is 43.9 Å². The topological polar surface area (TPSA) is 105 Å². The fourth-order valence-electron chi connectivity index (χ4n) is 3.56. The lowest BCUT2D eigenvalue weighted by Crippen LogP contribution is -2.44. The van der Waals surface area contributed by atoms with Gasteiger partial charge < -0.3 is 10.2 Å². The second-order valence-corrected chi connectivity index (χ2v) is 6.92. The minimum absolute atomic E-state index is 0.0550. The van der Waals surface area contributed by atoms with Crippen LogP contribution < -0.4 is 5.32 Å². The third kappa shape index (κ3) is 4.36. The summed E-state index contributed by atoms with van der Waals surface area (Å²) in [5.74, 6) is 1.48. The molecule has 1 aliphatic heterocycles. The Morgan fingerprint density at radius 3 is 3.00 bits per heavy atom. The van der Waals surface area contributed by atoms with Crippen LogP contribution in [0, 0.1) is 0 Å². The molecule has 9 heteroatoms. The molecule has 1 fully saturated rings. The molecule has 0 aliphatic carbocycles. The molecule has 3 aromatic rings. The number of hydrogen-bond donors (Lipinski definition) is 2. The number of anilines is 1. The number of aromatic amines is 1. The lowest BCUT2D eigenvalue weighted by molar-refractivity contribution is 0.0593. The van der Waals surface area contributed by atoms with Crippen molar-refractivity contribution in [3.05, 3.63) is 54.5 Å². The van der Waals surface area contributed by atoms with E-state index in [1.165, 1.54) is 6.33 Å². The molecule has 28 heavy (non-hydrogen) atoms. The van der Waals surface area contributed by atoms with Crippen molar-refractivity contribution in [2.75, 3.05) is 11.9 Å². The van der Waals surface area contributed by atoms with Crippen molar-refractivity contribution in [1.82, 2.24) is 34.8 Å². The van der Waals surface area contributed by atoms with Crippen LogP contribution in [0.4, 0.5) is 5.82 Å². The Labute approximate surface area is 163 Å². The van der Waals surface area contributed by atoms with Crippen molar-refractivity contribution < 1.29 is 4.79 Å². The predicted molar refractivity (Wildman–Crippen MR) is 103 cm³/mol. The number of piperidine rings is 1. The van der Waals surface area contributed by atoms with E-state index in [4.69, 9.17) is 0 Å². The van der Waals surface area contributed by atoms with Gasteiger partial charge in [-0.2, -0.15) is 10.2 Å². The third-order valence-corrected chi connectivity index (χ3v) is 5.05. The molecule has 0 radical (unpaired) electrons. The first-order valence-corrected chi connectivity index (χ1v) is 9.62. The normalized spacial score (nSPS) is 16.9. The van der Waals surface area contributed by atoms with Gasteiger partial charge in [-0.25, -0.2) is 9.97 Å². The van der Waals surface area contributed by atoms with Crippen molar-refractivity contribution in [3.63, 3.8) is 0 Å². The first kappa shape index (κ1) is 18.1. The van der Waals surface area contributed by atoms with Gasteiger partial charge in [-0.3, -0.25) is 14.6 Å². The lowest BCUT2D eigenvalue weighted by Gasteiger charge is -2.36. The number of nitrogens with one attached hydrogen (secondary N) is 2.